The van der Waals surface area contributed by atoms with Crippen LogP contribution in [0.4, 0.5) is 13.2 Å². The Hall–Kier alpha value is -0.780. The number of nitrogens with one attached hydrogen (secondary N) is 1. The van der Waals surface area contributed by atoms with Gasteiger partial charge in [-0.2, -0.15) is 13.2 Å². The van der Waals surface area contributed by atoms with Gasteiger partial charge < -0.3 is 11.1 Å². The molecule has 1 amide bonds. The van der Waals surface area contributed by atoms with Gasteiger partial charge in [0.15, 0.2) is 0 Å². The van der Waals surface area contributed by atoms with E-state index in [9.17, 15) is 18.0 Å². The van der Waals surface area contributed by atoms with Crippen LogP contribution in [0, 0.1) is 0 Å². The molecule has 3 N–H and O–H groups in total. The van der Waals surface area contributed by atoms with Crippen molar-refractivity contribution in [1.82, 2.24) is 5.32 Å². The molecule has 1 fully saturated rings. The first-order valence-electron chi connectivity index (χ1n) is 4.43. The van der Waals surface area contributed by atoms with Crippen molar-refractivity contribution in [3.05, 3.63) is 0 Å². The minimum absolute atomic E-state index is 0.141. The van der Waals surface area contributed by atoms with Crippen LogP contribution in [0.2, 0.25) is 0 Å². The van der Waals surface area contributed by atoms with Crippen LogP contribution in [0.15, 0.2) is 0 Å². The quantitative estimate of drug-likeness (QED) is 0.728. The molecule has 1 saturated carbocycles. The van der Waals surface area contributed by atoms with Gasteiger partial charge in [-0.3, -0.25) is 4.79 Å². The van der Waals surface area contributed by atoms with E-state index in [2.05, 4.69) is 5.32 Å². The first kappa shape index (κ1) is 11.3. The van der Waals surface area contributed by atoms with Crippen LogP contribution in [0.3, 0.4) is 0 Å². The molecule has 0 heterocycles. The summed E-state index contributed by atoms with van der Waals surface area (Å²) in [6, 6.07) is 0. The molecule has 0 atom stereocenters. The minimum Gasteiger partial charge on any atom is -0.354 e. The summed E-state index contributed by atoms with van der Waals surface area (Å²) in [5.41, 5.74) is 5.25. The van der Waals surface area contributed by atoms with Gasteiger partial charge in [-0.1, -0.05) is 0 Å². The lowest BCUT2D eigenvalue weighted by molar-refractivity contribution is -0.154. The molecule has 82 valence electrons. The molecule has 0 bridgehead atoms. The van der Waals surface area contributed by atoms with Crippen LogP contribution in [0.25, 0.3) is 0 Å². The number of halogens is 3. The summed E-state index contributed by atoms with van der Waals surface area (Å²) in [7, 11) is 0. The summed E-state index contributed by atoms with van der Waals surface area (Å²) in [5.74, 6) is -1.01. The summed E-state index contributed by atoms with van der Waals surface area (Å²) < 4.78 is 35.2. The highest BCUT2D eigenvalue weighted by Crippen LogP contribution is 2.28. The fourth-order valence-corrected chi connectivity index (χ4v) is 1.33. The van der Waals surface area contributed by atoms with E-state index in [1.54, 1.807) is 0 Å². The number of rotatable bonds is 3. The Balaban J connectivity index is 2.21. The largest absolute Gasteiger partial charge is 0.397 e. The number of carbonyl (C=O) groups excluding carboxylic acids is 1. The number of hydrogen-bond donors (Lipinski definition) is 2. The minimum atomic E-state index is -4.44. The van der Waals surface area contributed by atoms with E-state index in [1.807, 2.05) is 0 Å². The average Bonchev–Trinajstić information content (AvgIpc) is 1.94. The fourth-order valence-electron chi connectivity index (χ4n) is 1.33. The standard InChI is InChI=1S/C8H13F3N2O/c9-8(10,11)4-6(14)13-5-7(12)2-1-3-7/h1-5,12H2,(H,13,14). The Labute approximate surface area is 79.8 Å². The van der Waals surface area contributed by atoms with E-state index >= 15 is 0 Å². The van der Waals surface area contributed by atoms with Crippen molar-refractivity contribution in [2.75, 3.05) is 6.54 Å². The molecule has 1 aliphatic rings. The molecule has 14 heavy (non-hydrogen) atoms. The lowest BCUT2D eigenvalue weighted by atomic mass is 9.78. The van der Waals surface area contributed by atoms with E-state index in [-0.39, 0.29) is 6.54 Å². The van der Waals surface area contributed by atoms with Gasteiger partial charge >= 0.3 is 6.18 Å². The van der Waals surface area contributed by atoms with Gasteiger partial charge in [-0.05, 0) is 19.3 Å². The highest BCUT2D eigenvalue weighted by Gasteiger charge is 2.35. The summed E-state index contributed by atoms with van der Waals surface area (Å²) >= 11 is 0. The summed E-state index contributed by atoms with van der Waals surface area (Å²) in [6.45, 7) is 0.141. The van der Waals surface area contributed by atoms with Gasteiger partial charge in [0.05, 0.1) is 0 Å². The van der Waals surface area contributed by atoms with Gasteiger partial charge in [-0.15, -0.1) is 0 Å². The molecule has 0 aromatic rings. The van der Waals surface area contributed by atoms with Crippen molar-refractivity contribution in [2.45, 2.75) is 37.4 Å². The fraction of sp³-hybridized carbons (Fsp3) is 0.875. The second-order valence-corrected chi connectivity index (χ2v) is 3.78. The molecule has 0 aromatic heterocycles. The third-order valence-electron chi connectivity index (χ3n) is 2.35. The molecule has 6 heteroatoms. The van der Waals surface area contributed by atoms with Gasteiger partial charge in [0, 0.05) is 12.1 Å². The Morgan fingerprint density at radius 1 is 1.43 bits per heavy atom. The molecule has 0 aliphatic heterocycles. The number of carbonyl (C=O) groups is 1. The van der Waals surface area contributed by atoms with E-state index < -0.39 is 24.0 Å². The van der Waals surface area contributed by atoms with Crippen LogP contribution in [-0.2, 0) is 4.79 Å². The third kappa shape index (κ3) is 3.53. The van der Waals surface area contributed by atoms with Gasteiger partial charge in [0.2, 0.25) is 5.91 Å². The molecule has 0 spiro atoms. The van der Waals surface area contributed by atoms with E-state index in [4.69, 9.17) is 5.73 Å². The SMILES string of the molecule is NC1(CNC(=O)CC(F)(F)F)CCC1. The lowest BCUT2D eigenvalue weighted by Gasteiger charge is -2.38. The first-order chi connectivity index (χ1) is 6.31. The van der Waals surface area contributed by atoms with Crippen molar-refractivity contribution in [3.8, 4) is 0 Å². The second kappa shape index (κ2) is 3.76. The van der Waals surface area contributed by atoms with Crippen LogP contribution in [0.5, 0.6) is 0 Å². The molecule has 1 aliphatic carbocycles. The van der Waals surface area contributed by atoms with E-state index in [0.717, 1.165) is 19.3 Å². The van der Waals surface area contributed by atoms with E-state index in [0.29, 0.717) is 0 Å². The van der Waals surface area contributed by atoms with Crippen LogP contribution in [-0.4, -0.2) is 24.2 Å². The maximum absolute atomic E-state index is 11.7. The van der Waals surface area contributed by atoms with Crippen molar-refractivity contribution >= 4 is 5.91 Å². The average molecular weight is 210 g/mol. The Kier molecular flexibility index (Phi) is 3.04. The summed E-state index contributed by atoms with van der Waals surface area (Å²) in [6.07, 6.45) is -3.36. The number of alkyl halides is 3. The number of hydrogen-bond acceptors (Lipinski definition) is 2. The molecule has 1 rings (SSSR count). The summed E-state index contributed by atoms with van der Waals surface area (Å²) in [4.78, 5) is 10.8. The highest BCUT2D eigenvalue weighted by molar-refractivity contribution is 5.76. The normalized spacial score (nSPS) is 20.0. The topological polar surface area (TPSA) is 55.1 Å². The number of amides is 1. The Bertz CT molecular complexity index is 223. The molecule has 0 aromatic carbocycles. The van der Waals surface area contributed by atoms with Crippen LogP contribution >= 0.6 is 0 Å². The van der Waals surface area contributed by atoms with Gasteiger partial charge in [0.25, 0.3) is 0 Å². The maximum Gasteiger partial charge on any atom is 0.397 e. The zero-order chi connectivity index (χ0) is 10.8. The molecule has 0 radical (unpaired) electrons. The lowest BCUT2D eigenvalue weighted by Crippen LogP contribution is -2.55. The van der Waals surface area contributed by atoms with E-state index in [1.165, 1.54) is 0 Å². The molecule has 0 saturated heterocycles. The first-order valence-corrected chi connectivity index (χ1v) is 4.43. The maximum atomic E-state index is 11.7. The van der Waals surface area contributed by atoms with Crippen molar-refractivity contribution < 1.29 is 18.0 Å². The highest BCUT2D eigenvalue weighted by atomic mass is 19.4. The predicted octanol–water partition coefficient (Wildman–Crippen LogP) is 0.936. The molecular formula is C8H13F3N2O. The second-order valence-electron chi connectivity index (χ2n) is 3.78. The molecule has 0 unspecified atom stereocenters. The molecule has 3 nitrogen and oxygen atoms in total. The predicted molar refractivity (Wildman–Crippen MR) is 44.5 cm³/mol. The van der Waals surface area contributed by atoms with Crippen LogP contribution < -0.4 is 11.1 Å². The van der Waals surface area contributed by atoms with Gasteiger partial charge in [0.1, 0.15) is 6.42 Å². The third-order valence-corrected chi connectivity index (χ3v) is 2.35. The van der Waals surface area contributed by atoms with Crippen molar-refractivity contribution in [1.29, 1.82) is 0 Å². The van der Waals surface area contributed by atoms with Gasteiger partial charge in [-0.25, -0.2) is 0 Å². The van der Waals surface area contributed by atoms with Crippen molar-refractivity contribution in [3.63, 3.8) is 0 Å². The zero-order valence-corrected chi connectivity index (χ0v) is 7.66. The van der Waals surface area contributed by atoms with Crippen LogP contribution in [0.1, 0.15) is 25.7 Å². The molecular weight excluding hydrogens is 197 g/mol. The monoisotopic (exact) mass is 210 g/mol. The van der Waals surface area contributed by atoms with Crippen molar-refractivity contribution in [2.24, 2.45) is 5.73 Å². The Morgan fingerprint density at radius 2 is 2.00 bits per heavy atom. The Morgan fingerprint density at radius 3 is 2.36 bits per heavy atom. The smallest absolute Gasteiger partial charge is 0.354 e. The zero-order valence-electron chi connectivity index (χ0n) is 7.66. The summed E-state index contributed by atoms with van der Waals surface area (Å²) in [5, 5.41) is 2.20. The number of nitrogens with two attached hydrogens (primary N) is 1.